The highest BCUT2D eigenvalue weighted by Crippen LogP contribution is 2.23. The highest BCUT2D eigenvalue weighted by molar-refractivity contribution is 7.91. The molecule has 7 heteroatoms. The van der Waals surface area contributed by atoms with Gasteiger partial charge in [0.2, 0.25) is 5.91 Å². The molecule has 1 atom stereocenters. The lowest BCUT2D eigenvalue weighted by Gasteiger charge is -2.21. The van der Waals surface area contributed by atoms with Gasteiger partial charge in [0.05, 0.1) is 0 Å². The van der Waals surface area contributed by atoms with Crippen molar-refractivity contribution in [2.75, 3.05) is 0 Å². The van der Waals surface area contributed by atoms with Crippen LogP contribution in [0.25, 0.3) is 0 Å². The molecule has 0 saturated heterocycles. The summed E-state index contributed by atoms with van der Waals surface area (Å²) < 4.78 is 27.8. The Morgan fingerprint density at radius 1 is 1.08 bits per heavy atom. The molecule has 24 heavy (non-hydrogen) atoms. The van der Waals surface area contributed by atoms with Gasteiger partial charge < -0.3 is 5.32 Å². The van der Waals surface area contributed by atoms with Gasteiger partial charge in [0.1, 0.15) is 10.3 Å². The summed E-state index contributed by atoms with van der Waals surface area (Å²) in [7, 11) is -3.74. The van der Waals surface area contributed by atoms with Gasteiger partial charge in [-0.2, -0.15) is 4.72 Å². The summed E-state index contributed by atoms with van der Waals surface area (Å²) in [6, 6.07) is 11.4. The van der Waals surface area contributed by atoms with Crippen LogP contribution in [-0.4, -0.2) is 20.4 Å². The Bertz CT molecular complexity index is 767. The van der Waals surface area contributed by atoms with E-state index in [4.69, 9.17) is 0 Å². The average molecular weight is 364 g/mol. The molecule has 1 aliphatic carbocycles. The maximum absolute atomic E-state index is 12.7. The van der Waals surface area contributed by atoms with Crippen molar-refractivity contribution < 1.29 is 13.2 Å². The van der Waals surface area contributed by atoms with Gasteiger partial charge in [0, 0.05) is 6.04 Å². The molecule has 5 nitrogen and oxygen atoms in total. The molecule has 0 bridgehead atoms. The second kappa shape index (κ2) is 7.46. The Labute approximate surface area is 146 Å². The van der Waals surface area contributed by atoms with E-state index in [-0.39, 0.29) is 16.2 Å². The number of benzene rings is 1. The summed E-state index contributed by atoms with van der Waals surface area (Å²) in [5, 5.41) is 4.68. The number of nitrogens with one attached hydrogen (secondary N) is 2. The Hall–Kier alpha value is -1.70. The third kappa shape index (κ3) is 4.03. The van der Waals surface area contributed by atoms with E-state index in [1.165, 1.54) is 6.07 Å². The van der Waals surface area contributed by atoms with Crippen molar-refractivity contribution in [1.29, 1.82) is 0 Å². The minimum absolute atomic E-state index is 0.134. The lowest BCUT2D eigenvalue weighted by molar-refractivity contribution is -0.123. The Balaban J connectivity index is 1.83. The molecule has 1 aromatic heterocycles. The van der Waals surface area contributed by atoms with Crippen molar-refractivity contribution in [3.63, 3.8) is 0 Å². The van der Waals surface area contributed by atoms with Gasteiger partial charge in [-0.1, -0.05) is 49.2 Å². The first kappa shape index (κ1) is 17.1. The number of carbonyl (C=O) groups excluding carboxylic acids is 1. The summed E-state index contributed by atoms with van der Waals surface area (Å²) in [4.78, 5) is 12.7. The van der Waals surface area contributed by atoms with Gasteiger partial charge in [-0.3, -0.25) is 4.79 Å². The largest absolute Gasteiger partial charge is 0.352 e. The molecular formula is C17H20N2O3S2. The fraction of sp³-hybridized carbons (Fsp3) is 0.353. The number of amides is 1. The van der Waals surface area contributed by atoms with Gasteiger partial charge in [-0.05, 0) is 29.9 Å². The zero-order chi connectivity index (χ0) is 17.0. The third-order valence-electron chi connectivity index (χ3n) is 4.13. The van der Waals surface area contributed by atoms with Crippen molar-refractivity contribution in [3.05, 3.63) is 53.4 Å². The van der Waals surface area contributed by atoms with Crippen molar-refractivity contribution >= 4 is 27.3 Å². The second-order valence-corrected chi connectivity index (χ2v) is 8.78. The SMILES string of the molecule is O=C(NC1CCCC1)C(NS(=O)(=O)c1cccs1)c1ccccc1. The Kier molecular flexibility index (Phi) is 5.33. The smallest absolute Gasteiger partial charge is 0.251 e. The Morgan fingerprint density at radius 3 is 2.42 bits per heavy atom. The van der Waals surface area contributed by atoms with Gasteiger partial charge in [-0.25, -0.2) is 8.42 Å². The van der Waals surface area contributed by atoms with Crippen LogP contribution in [0.3, 0.4) is 0 Å². The normalized spacial score (nSPS) is 16.8. The number of thiophene rings is 1. The number of rotatable bonds is 6. The van der Waals surface area contributed by atoms with Crippen LogP contribution < -0.4 is 10.0 Å². The number of hydrogen-bond donors (Lipinski definition) is 2. The summed E-state index contributed by atoms with van der Waals surface area (Å²) in [5.74, 6) is -0.298. The van der Waals surface area contributed by atoms with Crippen LogP contribution in [-0.2, 0) is 14.8 Å². The number of sulfonamides is 1. The monoisotopic (exact) mass is 364 g/mol. The molecule has 1 fully saturated rings. The molecular weight excluding hydrogens is 344 g/mol. The maximum atomic E-state index is 12.7. The first-order valence-electron chi connectivity index (χ1n) is 7.97. The zero-order valence-electron chi connectivity index (χ0n) is 13.1. The van der Waals surface area contributed by atoms with E-state index in [2.05, 4.69) is 10.0 Å². The molecule has 1 amide bonds. The van der Waals surface area contributed by atoms with Crippen LogP contribution >= 0.6 is 11.3 Å². The van der Waals surface area contributed by atoms with Crippen molar-refractivity contribution in [2.45, 2.75) is 42.0 Å². The second-order valence-electron chi connectivity index (χ2n) is 5.89. The van der Waals surface area contributed by atoms with Gasteiger partial charge >= 0.3 is 0 Å². The fourth-order valence-electron chi connectivity index (χ4n) is 2.90. The van der Waals surface area contributed by atoms with Crippen LogP contribution in [0.4, 0.5) is 0 Å². The van der Waals surface area contributed by atoms with E-state index in [1.54, 1.807) is 35.7 Å². The highest BCUT2D eigenvalue weighted by Gasteiger charge is 2.29. The molecule has 2 N–H and O–H groups in total. The van der Waals surface area contributed by atoms with Crippen LogP contribution in [0.1, 0.15) is 37.3 Å². The van der Waals surface area contributed by atoms with E-state index in [9.17, 15) is 13.2 Å². The summed E-state index contributed by atoms with van der Waals surface area (Å²) in [6.07, 6.45) is 4.10. The fourth-order valence-corrected chi connectivity index (χ4v) is 5.10. The van der Waals surface area contributed by atoms with E-state index >= 15 is 0 Å². The molecule has 0 spiro atoms. The predicted octanol–water partition coefficient (Wildman–Crippen LogP) is 2.83. The summed E-state index contributed by atoms with van der Waals surface area (Å²) in [6.45, 7) is 0. The average Bonchev–Trinajstić information content (AvgIpc) is 3.27. The minimum Gasteiger partial charge on any atom is -0.352 e. The zero-order valence-corrected chi connectivity index (χ0v) is 14.8. The highest BCUT2D eigenvalue weighted by atomic mass is 32.2. The van der Waals surface area contributed by atoms with E-state index in [0.717, 1.165) is 37.0 Å². The van der Waals surface area contributed by atoms with Crippen LogP contribution in [0.15, 0.2) is 52.1 Å². The topological polar surface area (TPSA) is 75.3 Å². The van der Waals surface area contributed by atoms with Crippen molar-refractivity contribution in [1.82, 2.24) is 10.0 Å². The molecule has 1 aromatic carbocycles. The molecule has 1 saturated carbocycles. The van der Waals surface area contributed by atoms with Gasteiger partial charge in [0.25, 0.3) is 10.0 Å². The summed E-state index contributed by atoms with van der Waals surface area (Å²) in [5.41, 5.74) is 0.633. The lowest BCUT2D eigenvalue weighted by Crippen LogP contribution is -2.43. The number of carbonyl (C=O) groups is 1. The first-order valence-corrected chi connectivity index (χ1v) is 10.3. The lowest BCUT2D eigenvalue weighted by atomic mass is 10.1. The minimum atomic E-state index is -3.74. The molecule has 1 heterocycles. The Morgan fingerprint density at radius 2 is 1.79 bits per heavy atom. The first-order chi connectivity index (χ1) is 11.6. The van der Waals surface area contributed by atoms with Crippen molar-refractivity contribution in [3.8, 4) is 0 Å². The molecule has 3 rings (SSSR count). The molecule has 0 aliphatic heterocycles. The standard InChI is InChI=1S/C17H20N2O3S2/c20-17(18-14-9-4-5-10-14)16(13-7-2-1-3-8-13)19-24(21,22)15-11-6-12-23-15/h1-3,6-8,11-12,14,16,19H,4-5,9-10H2,(H,18,20). The van der Waals surface area contributed by atoms with E-state index in [0.29, 0.717) is 5.56 Å². The molecule has 2 aromatic rings. The van der Waals surface area contributed by atoms with E-state index in [1.807, 2.05) is 6.07 Å². The van der Waals surface area contributed by atoms with Crippen LogP contribution in [0.5, 0.6) is 0 Å². The van der Waals surface area contributed by atoms with Gasteiger partial charge in [-0.15, -0.1) is 11.3 Å². The molecule has 1 aliphatic rings. The maximum Gasteiger partial charge on any atom is 0.251 e. The third-order valence-corrected chi connectivity index (χ3v) is 6.95. The van der Waals surface area contributed by atoms with Crippen LogP contribution in [0.2, 0.25) is 0 Å². The molecule has 0 radical (unpaired) electrons. The van der Waals surface area contributed by atoms with Gasteiger partial charge in [0.15, 0.2) is 0 Å². The molecule has 1 unspecified atom stereocenters. The molecule has 128 valence electrons. The number of hydrogen-bond acceptors (Lipinski definition) is 4. The summed E-state index contributed by atoms with van der Waals surface area (Å²) >= 11 is 1.13. The van der Waals surface area contributed by atoms with E-state index < -0.39 is 16.1 Å². The van der Waals surface area contributed by atoms with Crippen LogP contribution in [0, 0.1) is 0 Å². The van der Waals surface area contributed by atoms with Crippen molar-refractivity contribution in [2.24, 2.45) is 0 Å². The predicted molar refractivity (Wildman–Crippen MR) is 94.2 cm³/mol. The quantitative estimate of drug-likeness (QED) is 0.828.